The second kappa shape index (κ2) is 5.87. The minimum absolute atomic E-state index is 0.0626. The van der Waals surface area contributed by atoms with E-state index in [1.165, 1.54) is 12.1 Å². The van der Waals surface area contributed by atoms with Gasteiger partial charge in [0.05, 0.1) is 10.8 Å². The smallest absolute Gasteiger partial charge is 0.306 e. The highest BCUT2D eigenvalue weighted by molar-refractivity contribution is 7.89. The molecule has 23 heavy (non-hydrogen) atoms. The van der Waals surface area contributed by atoms with Gasteiger partial charge in [-0.3, -0.25) is 4.79 Å². The quantitative estimate of drug-likeness (QED) is 0.832. The van der Waals surface area contributed by atoms with Crippen LogP contribution in [0.3, 0.4) is 0 Å². The summed E-state index contributed by atoms with van der Waals surface area (Å²) in [6.07, 6.45) is 2.43. The molecule has 126 valence electrons. The Kier molecular flexibility index (Phi) is 4.18. The molecule has 0 saturated heterocycles. The van der Waals surface area contributed by atoms with Gasteiger partial charge in [0.1, 0.15) is 5.67 Å². The first-order valence-corrected chi connectivity index (χ1v) is 9.29. The zero-order valence-corrected chi connectivity index (χ0v) is 13.5. The zero-order valence-electron chi connectivity index (χ0n) is 12.7. The molecule has 3 rings (SSSR count). The third-order valence-electron chi connectivity index (χ3n) is 4.72. The summed E-state index contributed by atoms with van der Waals surface area (Å²) in [6.45, 7) is -0.385. The molecule has 0 radical (unpaired) electrons. The van der Waals surface area contributed by atoms with Crippen LogP contribution in [-0.2, 0) is 14.8 Å². The highest BCUT2D eigenvalue weighted by Gasteiger charge is 2.43. The van der Waals surface area contributed by atoms with Crippen LogP contribution in [0.1, 0.15) is 43.6 Å². The molecule has 1 aromatic rings. The van der Waals surface area contributed by atoms with E-state index in [2.05, 4.69) is 4.72 Å². The molecule has 2 fully saturated rings. The van der Waals surface area contributed by atoms with E-state index in [0.717, 1.165) is 18.4 Å². The van der Waals surface area contributed by atoms with Gasteiger partial charge >= 0.3 is 5.97 Å². The summed E-state index contributed by atoms with van der Waals surface area (Å²) in [5.41, 5.74) is -0.657. The minimum atomic E-state index is -3.78. The van der Waals surface area contributed by atoms with Crippen LogP contribution in [-0.4, -0.2) is 31.7 Å². The lowest BCUT2D eigenvalue weighted by Gasteiger charge is -2.20. The number of sulfonamides is 1. The molecule has 0 aliphatic heterocycles. The molecular formula is C16H20FNO4S. The van der Waals surface area contributed by atoms with Crippen molar-refractivity contribution in [3.05, 3.63) is 29.8 Å². The van der Waals surface area contributed by atoms with E-state index in [1.54, 1.807) is 12.1 Å². The van der Waals surface area contributed by atoms with E-state index in [9.17, 15) is 17.6 Å². The van der Waals surface area contributed by atoms with Crippen molar-refractivity contribution in [3.63, 3.8) is 0 Å². The number of halogens is 1. The summed E-state index contributed by atoms with van der Waals surface area (Å²) in [6, 6.07) is 6.67. The summed E-state index contributed by atoms with van der Waals surface area (Å²) < 4.78 is 41.3. The Bertz CT molecular complexity index is 699. The van der Waals surface area contributed by atoms with Crippen LogP contribution in [0.2, 0.25) is 0 Å². The summed E-state index contributed by atoms with van der Waals surface area (Å²) in [5, 5.41) is 8.92. The first kappa shape index (κ1) is 16.4. The fourth-order valence-electron chi connectivity index (χ4n) is 3.09. The van der Waals surface area contributed by atoms with Crippen LogP contribution in [0.25, 0.3) is 0 Å². The Morgan fingerprint density at radius 3 is 2.43 bits per heavy atom. The zero-order chi connectivity index (χ0) is 16.7. The SMILES string of the molecule is O=C(O)[C@@H]1CC[C@](F)(CNS(=O)(=O)c2ccc(C3CC3)cc2)C1. The third-order valence-corrected chi connectivity index (χ3v) is 6.14. The molecule has 0 heterocycles. The summed E-state index contributed by atoms with van der Waals surface area (Å²) in [4.78, 5) is 11.0. The highest BCUT2D eigenvalue weighted by Crippen LogP contribution is 2.40. The summed E-state index contributed by atoms with van der Waals surface area (Å²) in [5.74, 6) is -1.22. The molecule has 0 aromatic heterocycles. The Labute approximate surface area is 135 Å². The monoisotopic (exact) mass is 341 g/mol. The molecule has 2 N–H and O–H groups in total. The number of aliphatic carboxylic acids is 1. The van der Waals surface area contributed by atoms with Gasteiger partial charge in [-0.05, 0) is 55.7 Å². The van der Waals surface area contributed by atoms with Gasteiger partial charge in [-0.1, -0.05) is 12.1 Å². The van der Waals surface area contributed by atoms with Gasteiger partial charge in [0, 0.05) is 6.54 Å². The van der Waals surface area contributed by atoms with Crippen LogP contribution in [0, 0.1) is 5.92 Å². The van der Waals surface area contributed by atoms with Crippen molar-refractivity contribution in [1.82, 2.24) is 4.72 Å². The molecule has 2 atom stereocenters. The fourth-order valence-corrected chi connectivity index (χ4v) is 4.20. The lowest BCUT2D eigenvalue weighted by Crippen LogP contribution is -2.38. The molecule has 2 saturated carbocycles. The Morgan fingerprint density at radius 1 is 1.26 bits per heavy atom. The number of carboxylic acid groups (broad SMARTS) is 1. The van der Waals surface area contributed by atoms with Gasteiger partial charge in [-0.2, -0.15) is 0 Å². The summed E-state index contributed by atoms with van der Waals surface area (Å²) >= 11 is 0. The van der Waals surface area contributed by atoms with Gasteiger partial charge in [0.25, 0.3) is 0 Å². The predicted molar refractivity (Wildman–Crippen MR) is 82.4 cm³/mol. The number of hydrogen-bond acceptors (Lipinski definition) is 3. The number of alkyl halides is 1. The molecule has 0 bridgehead atoms. The standard InChI is InChI=1S/C16H20FNO4S/c17-16(8-7-13(9-16)15(19)20)10-18-23(21,22)14-5-3-12(4-6-14)11-1-2-11/h3-6,11,13,18H,1-2,7-10H2,(H,19,20)/t13-,16-/m1/s1. The van der Waals surface area contributed by atoms with E-state index in [1.807, 2.05) is 0 Å². The topological polar surface area (TPSA) is 83.5 Å². The molecular weight excluding hydrogens is 321 g/mol. The van der Waals surface area contributed by atoms with E-state index in [0.29, 0.717) is 5.92 Å². The Hall–Kier alpha value is -1.47. The van der Waals surface area contributed by atoms with Crippen molar-refractivity contribution in [2.24, 2.45) is 5.92 Å². The second-order valence-electron chi connectivity index (χ2n) is 6.60. The maximum absolute atomic E-state index is 14.6. The predicted octanol–water partition coefficient (Wildman–Crippen LogP) is 2.44. The molecule has 1 aromatic carbocycles. The number of carboxylic acids is 1. The van der Waals surface area contributed by atoms with Crippen molar-refractivity contribution in [2.75, 3.05) is 6.54 Å². The van der Waals surface area contributed by atoms with Gasteiger partial charge < -0.3 is 5.11 Å². The average Bonchev–Trinajstić information content (AvgIpc) is 3.28. The minimum Gasteiger partial charge on any atom is -0.481 e. The molecule has 5 nitrogen and oxygen atoms in total. The van der Waals surface area contributed by atoms with E-state index < -0.39 is 27.6 Å². The molecule has 0 unspecified atom stereocenters. The second-order valence-corrected chi connectivity index (χ2v) is 8.36. The number of hydrogen-bond donors (Lipinski definition) is 2. The van der Waals surface area contributed by atoms with Crippen LogP contribution in [0.5, 0.6) is 0 Å². The summed E-state index contributed by atoms with van der Waals surface area (Å²) in [7, 11) is -3.78. The van der Waals surface area contributed by atoms with Crippen molar-refractivity contribution in [2.45, 2.75) is 48.6 Å². The number of nitrogens with one attached hydrogen (secondary N) is 1. The largest absolute Gasteiger partial charge is 0.481 e. The Balaban J connectivity index is 1.63. The maximum atomic E-state index is 14.6. The van der Waals surface area contributed by atoms with Gasteiger partial charge in [0.2, 0.25) is 10.0 Å². The average molecular weight is 341 g/mol. The lowest BCUT2D eigenvalue weighted by atomic mass is 10.0. The van der Waals surface area contributed by atoms with Crippen molar-refractivity contribution in [1.29, 1.82) is 0 Å². The van der Waals surface area contributed by atoms with Crippen LogP contribution in [0.15, 0.2) is 29.2 Å². The van der Waals surface area contributed by atoms with Gasteiger partial charge in [0.15, 0.2) is 0 Å². The van der Waals surface area contributed by atoms with Crippen LogP contribution in [0.4, 0.5) is 4.39 Å². The van der Waals surface area contributed by atoms with Crippen molar-refractivity contribution >= 4 is 16.0 Å². The lowest BCUT2D eigenvalue weighted by molar-refractivity contribution is -0.141. The molecule has 7 heteroatoms. The molecule has 2 aliphatic rings. The fraction of sp³-hybridized carbons (Fsp3) is 0.562. The van der Waals surface area contributed by atoms with Gasteiger partial charge in [-0.15, -0.1) is 0 Å². The van der Waals surface area contributed by atoms with Crippen molar-refractivity contribution in [3.8, 4) is 0 Å². The van der Waals surface area contributed by atoms with Crippen LogP contribution >= 0.6 is 0 Å². The highest BCUT2D eigenvalue weighted by atomic mass is 32.2. The van der Waals surface area contributed by atoms with E-state index in [4.69, 9.17) is 5.11 Å². The Morgan fingerprint density at radius 2 is 1.91 bits per heavy atom. The van der Waals surface area contributed by atoms with Gasteiger partial charge in [-0.25, -0.2) is 17.5 Å². The van der Waals surface area contributed by atoms with Crippen LogP contribution < -0.4 is 4.72 Å². The molecule has 0 amide bonds. The number of benzene rings is 1. The maximum Gasteiger partial charge on any atom is 0.306 e. The normalized spacial score (nSPS) is 28.0. The van der Waals surface area contributed by atoms with E-state index in [-0.39, 0.29) is 30.7 Å². The third kappa shape index (κ3) is 3.72. The first-order valence-electron chi connectivity index (χ1n) is 7.80. The van der Waals surface area contributed by atoms with E-state index >= 15 is 0 Å². The number of rotatable bonds is 6. The first-order chi connectivity index (χ1) is 10.8. The molecule has 0 spiro atoms. The molecule has 2 aliphatic carbocycles. The van der Waals surface area contributed by atoms with Crippen molar-refractivity contribution < 1.29 is 22.7 Å². The number of carbonyl (C=O) groups is 1.